The van der Waals surface area contributed by atoms with Gasteiger partial charge >= 0.3 is 0 Å². The summed E-state index contributed by atoms with van der Waals surface area (Å²) in [6.45, 7) is 2.84. The molecule has 0 unspecified atom stereocenters. The Kier molecular flexibility index (Phi) is 3.03. The highest BCUT2D eigenvalue weighted by molar-refractivity contribution is 6.16. The minimum Gasteiger partial charge on any atom is -0.387 e. The van der Waals surface area contributed by atoms with Gasteiger partial charge in [-0.05, 0) is 23.1 Å². The summed E-state index contributed by atoms with van der Waals surface area (Å²) in [6.07, 6.45) is 5.59. The Hall–Kier alpha value is -2.16. The molecule has 1 aromatic rings. The molecule has 96 valence electrons. The number of carbonyl (C=O) groups excluding carboxylic acids is 1. The van der Waals surface area contributed by atoms with Crippen LogP contribution >= 0.6 is 0 Å². The van der Waals surface area contributed by atoms with E-state index < -0.39 is 0 Å². The molecule has 2 aliphatic heterocycles. The van der Waals surface area contributed by atoms with Crippen LogP contribution in [0.1, 0.15) is 24.5 Å². The number of benzene rings is 1. The monoisotopic (exact) mass is 252 g/mol. The van der Waals surface area contributed by atoms with E-state index in [0.29, 0.717) is 6.54 Å². The summed E-state index contributed by atoms with van der Waals surface area (Å²) in [5, 5.41) is 3.15. The highest BCUT2D eigenvalue weighted by Crippen LogP contribution is 2.25. The molecule has 0 aromatic heterocycles. The lowest BCUT2D eigenvalue weighted by atomic mass is 9.92. The maximum absolute atomic E-state index is 12.0. The Balaban J connectivity index is 1.95. The fourth-order valence-corrected chi connectivity index (χ4v) is 2.43. The molecule has 1 N–H and O–H groups in total. The average molecular weight is 252 g/mol. The number of fused-ring (bicyclic) bond motifs is 1. The summed E-state index contributed by atoms with van der Waals surface area (Å²) in [4.78, 5) is 16.2. The third-order valence-corrected chi connectivity index (χ3v) is 3.57. The number of hydrogen-bond donors (Lipinski definition) is 1. The number of hydrogen-bond acceptors (Lipinski definition) is 2. The first-order valence-electron chi connectivity index (χ1n) is 6.62. The molecule has 1 amide bonds. The van der Waals surface area contributed by atoms with E-state index in [1.165, 1.54) is 5.56 Å². The van der Waals surface area contributed by atoms with E-state index in [0.717, 1.165) is 35.3 Å². The van der Waals surface area contributed by atoms with Crippen LogP contribution in [-0.4, -0.2) is 18.2 Å². The number of rotatable bonds is 2. The fourth-order valence-electron chi connectivity index (χ4n) is 2.43. The van der Waals surface area contributed by atoms with Crippen LogP contribution in [0.3, 0.4) is 0 Å². The van der Waals surface area contributed by atoms with Crippen molar-refractivity contribution in [1.82, 2.24) is 5.32 Å². The molecule has 0 atom stereocenters. The Morgan fingerprint density at radius 1 is 1.26 bits per heavy atom. The highest BCUT2D eigenvalue weighted by atomic mass is 16.1. The molecule has 0 bridgehead atoms. The van der Waals surface area contributed by atoms with Crippen molar-refractivity contribution in [3.05, 3.63) is 58.8 Å². The van der Waals surface area contributed by atoms with Crippen molar-refractivity contribution < 1.29 is 4.79 Å². The predicted molar refractivity (Wildman–Crippen MR) is 76.1 cm³/mol. The molecule has 3 nitrogen and oxygen atoms in total. The smallest absolute Gasteiger partial charge is 0.277 e. The summed E-state index contributed by atoms with van der Waals surface area (Å²) in [5.41, 5.74) is 5.00. The molecular weight excluding hydrogens is 236 g/mol. The van der Waals surface area contributed by atoms with Crippen molar-refractivity contribution in [1.29, 1.82) is 0 Å². The van der Waals surface area contributed by atoms with Gasteiger partial charge in [0.05, 0.1) is 5.71 Å². The summed E-state index contributed by atoms with van der Waals surface area (Å²) in [5.74, 6) is -0.117. The second-order valence-electron chi connectivity index (χ2n) is 4.79. The lowest BCUT2D eigenvalue weighted by molar-refractivity contribution is -0.114. The topological polar surface area (TPSA) is 41.5 Å². The molecule has 0 radical (unpaired) electrons. The van der Waals surface area contributed by atoms with Gasteiger partial charge in [-0.1, -0.05) is 37.3 Å². The lowest BCUT2D eigenvalue weighted by Crippen LogP contribution is -2.23. The van der Waals surface area contributed by atoms with E-state index in [4.69, 9.17) is 0 Å². The Labute approximate surface area is 112 Å². The van der Waals surface area contributed by atoms with Gasteiger partial charge in [-0.15, -0.1) is 0 Å². The van der Waals surface area contributed by atoms with E-state index in [1.807, 2.05) is 12.3 Å². The van der Waals surface area contributed by atoms with E-state index >= 15 is 0 Å². The molecular formula is C16H16N2O. The quantitative estimate of drug-likeness (QED) is 0.878. The minimum absolute atomic E-state index is 0.117. The van der Waals surface area contributed by atoms with Crippen LogP contribution in [-0.2, 0) is 11.2 Å². The zero-order valence-corrected chi connectivity index (χ0v) is 10.9. The van der Waals surface area contributed by atoms with Gasteiger partial charge in [0.15, 0.2) is 0 Å². The van der Waals surface area contributed by atoms with Crippen LogP contribution in [0.5, 0.6) is 0 Å². The molecule has 0 saturated carbocycles. The van der Waals surface area contributed by atoms with Gasteiger partial charge in [0.1, 0.15) is 0 Å². The molecule has 3 heteroatoms. The summed E-state index contributed by atoms with van der Waals surface area (Å²) >= 11 is 0. The number of nitrogens with zero attached hydrogens (tertiary/aromatic N) is 1. The van der Waals surface area contributed by atoms with Crippen LogP contribution in [0.15, 0.2) is 52.7 Å². The standard InChI is InChI=1S/C16H16N2O/c1-2-11-3-5-12(6-4-11)15-9-13-10-17-8-7-14(13)16(19)18-15/h3-7,10,17H,2,8-9H2,1H3. The first-order chi connectivity index (χ1) is 9.28. The first-order valence-corrected chi connectivity index (χ1v) is 6.62. The molecule has 2 heterocycles. The van der Waals surface area contributed by atoms with Gasteiger partial charge in [0, 0.05) is 24.7 Å². The maximum Gasteiger partial charge on any atom is 0.277 e. The second-order valence-corrected chi connectivity index (χ2v) is 4.79. The van der Waals surface area contributed by atoms with Crippen molar-refractivity contribution in [2.75, 3.05) is 6.54 Å². The third kappa shape index (κ3) is 2.24. The second kappa shape index (κ2) is 4.84. The minimum atomic E-state index is -0.117. The van der Waals surface area contributed by atoms with Crippen molar-refractivity contribution in [3.63, 3.8) is 0 Å². The first kappa shape index (κ1) is 11.9. The van der Waals surface area contributed by atoms with Gasteiger partial charge in [-0.2, -0.15) is 0 Å². The number of aliphatic imine (C=N–C) groups is 1. The summed E-state index contributed by atoms with van der Waals surface area (Å²) in [7, 11) is 0. The van der Waals surface area contributed by atoms with Crippen molar-refractivity contribution in [2.24, 2.45) is 4.99 Å². The Morgan fingerprint density at radius 3 is 2.79 bits per heavy atom. The Bertz CT molecular complexity index is 606. The Morgan fingerprint density at radius 2 is 2.05 bits per heavy atom. The predicted octanol–water partition coefficient (Wildman–Crippen LogP) is 2.38. The molecule has 3 rings (SSSR count). The third-order valence-electron chi connectivity index (χ3n) is 3.57. The average Bonchev–Trinajstić information content (AvgIpc) is 2.47. The van der Waals surface area contributed by atoms with Crippen LogP contribution < -0.4 is 5.32 Å². The van der Waals surface area contributed by atoms with Crippen LogP contribution in [0, 0.1) is 0 Å². The van der Waals surface area contributed by atoms with Crippen LogP contribution in [0.2, 0.25) is 0 Å². The maximum atomic E-state index is 12.0. The van der Waals surface area contributed by atoms with Crippen molar-refractivity contribution in [2.45, 2.75) is 19.8 Å². The van der Waals surface area contributed by atoms with Crippen molar-refractivity contribution in [3.8, 4) is 0 Å². The van der Waals surface area contributed by atoms with Gasteiger partial charge in [0.2, 0.25) is 0 Å². The largest absolute Gasteiger partial charge is 0.387 e. The zero-order chi connectivity index (χ0) is 13.2. The molecule has 0 fully saturated rings. The van der Waals surface area contributed by atoms with E-state index in [9.17, 15) is 4.79 Å². The van der Waals surface area contributed by atoms with Crippen LogP contribution in [0.25, 0.3) is 0 Å². The summed E-state index contributed by atoms with van der Waals surface area (Å²) in [6, 6.07) is 8.30. The number of carbonyl (C=O) groups is 1. The molecule has 0 spiro atoms. The van der Waals surface area contributed by atoms with E-state index in [1.54, 1.807) is 0 Å². The molecule has 0 aliphatic carbocycles. The van der Waals surface area contributed by atoms with Crippen molar-refractivity contribution >= 4 is 11.6 Å². The normalized spacial score (nSPS) is 17.9. The molecule has 0 saturated heterocycles. The lowest BCUT2D eigenvalue weighted by Gasteiger charge is -2.20. The number of dihydropyridines is 1. The van der Waals surface area contributed by atoms with Gasteiger partial charge in [-0.25, -0.2) is 4.99 Å². The van der Waals surface area contributed by atoms with E-state index in [2.05, 4.69) is 41.5 Å². The van der Waals surface area contributed by atoms with Gasteiger partial charge < -0.3 is 5.32 Å². The SMILES string of the molecule is CCc1ccc(C2=NC(=O)C3=CCNC=C3C2)cc1. The fraction of sp³-hybridized carbons (Fsp3) is 0.250. The summed E-state index contributed by atoms with van der Waals surface area (Å²) < 4.78 is 0. The highest BCUT2D eigenvalue weighted by Gasteiger charge is 2.24. The number of nitrogens with one attached hydrogen (secondary N) is 1. The van der Waals surface area contributed by atoms with E-state index in [-0.39, 0.29) is 5.91 Å². The molecule has 1 aromatic carbocycles. The van der Waals surface area contributed by atoms with Crippen LogP contribution in [0.4, 0.5) is 0 Å². The zero-order valence-electron chi connectivity index (χ0n) is 10.9. The number of aryl methyl sites for hydroxylation is 1. The number of amides is 1. The van der Waals surface area contributed by atoms with Gasteiger partial charge in [-0.3, -0.25) is 4.79 Å². The molecule has 19 heavy (non-hydrogen) atoms. The van der Waals surface area contributed by atoms with Gasteiger partial charge in [0.25, 0.3) is 5.91 Å². The molecule has 2 aliphatic rings.